The zero-order valence-electron chi connectivity index (χ0n) is 15.4. The van der Waals surface area contributed by atoms with Crippen molar-refractivity contribution in [2.24, 2.45) is 0 Å². The standard InChI is InChI=1S/C20H25N3O2S/c1-22(2)19(24)11-25-17-9-20(26-12-17)13-23(14-20)10-16-8-7-15-5-3-4-6-18(15)21-16/h3-8,17H,9-14H2,1-2H3/t17-/m0/s1. The highest BCUT2D eigenvalue weighted by molar-refractivity contribution is 8.01. The van der Waals surface area contributed by atoms with Crippen molar-refractivity contribution in [2.45, 2.75) is 23.8 Å². The highest BCUT2D eigenvalue weighted by Gasteiger charge is 2.49. The van der Waals surface area contributed by atoms with Crippen molar-refractivity contribution in [1.29, 1.82) is 0 Å². The van der Waals surface area contributed by atoms with Crippen molar-refractivity contribution in [1.82, 2.24) is 14.8 Å². The largest absolute Gasteiger partial charge is 0.367 e. The van der Waals surface area contributed by atoms with Gasteiger partial charge in [0.2, 0.25) is 5.91 Å². The zero-order valence-corrected chi connectivity index (χ0v) is 16.2. The van der Waals surface area contributed by atoms with Crippen LogP contribution in [-0.2, 0) is 16.1 Å². The van der Waals surface area contributed by atoms with E-state index in [1.165, 1.54) is 5.39 Å². The molecule has 26 heavy (non-hydrogen) atoms. The fourth-order valence-corrected chi connectivity index (χ4v) is 5.36. The van der Waals surface area contributed by atoms with Crippen LogP contribution < -0.4 is 0 Å². The summed E-state index contributed by atoms with van der Waals surface area (Å²) in [6.07, 6.45) is 1.24. The number of benzene rings is 1. The van der Waals surface area contributed by atoms with E-state index in [9.17, 15) is 4.79 Å². The fraction of sp³-hybridized carbons (Fsp3) is 0.500. The van der Waals surface area contributed by atoms with Crippen LogP contribution in [0.1, 0.15) is 12.1 Å². The number of ether oxygens (including phenoxy) is 1. The predicted octanol–water partition coefficient (Wildman–Crippen LogP) is 2.40. The molecule has 1 atom stereocenters. The number of carbonyl (C=O) groups is 1. The van der Waals surface area contributed by atoms with Gasteiger partial charge in [0.25, 0.3) is 0 Å². The Hall–Kier alpha value is -1.63. The summed E-state index contributed by atoms with van der Waals surface area (Å²) in [4.78, 5) is 20.5. The molecule has 0 radical (unpaired) electrons. The third kappa shape index (κ3) is 3.72. The monoisotopic (exact) mass is 371 g/mol. The lowest BCUT2D eigenvalue weighted by Gasteiger charge is -2.47. The summed E-state index contributed by atoms with van der Waals surface area (Å²) in [5.74, 6) is 1.02. The molecule has 0 bridgehead atoms. The van der Waals surface area contributed by atoms with Gasteiger partial charge in [0.15, 0.2) is 0 Å². The van der Waals surface area contributed by atoms with Crippen LogP contribution in [0.3, 0.4) is 0 Å². The van der Waals surface area contributed by atoms with Gasteiger partial charge < -0.3 is 9.64 Å². The highest BCUT2D eigenvalue weighted by Crippen LogP contribution is 2.46. The predicted molar refractivity (Wildman–Crippen MR) is 105 cm³/mol. The number of para-hydroxylation sites is 1. The van der Waals surface area contributed by atoms with E-state index in [0.717, 1.165) is 43.0 Å². The van der Waals surface area contributed by atoms with Crippen molar-refractivity contribution < 1.29 is 9.53 Å². The summed E-state index contributed by atoms with van der Waals surface area (Å²) >= 11 is 2.00. The number of aromatic nitrogens is 1. The van der Waals surface area contributed by atoms with E-state index in [-0.39, 0.29) is 18.6 Å². The molecule has 2 aromatic rings. The number of pyridine rings is 1. The highest BCUT2D eigenvalue weighted by atomic mass is 32.2. The maximum atomic E-state index is 11.7. The molecule has 0 saturated carbocycles. The molecule has 3 heterocycles. The number of fused-ring (bicyclic) bond motifs is 1. The first kappa shape index (κ1) is 17.8. The Kier molecular flexibility index (Phi) is 4.90. The third-order valence-corrected chi connectivity index (χ3v) is 6.76. The van der Waals surface area contributed by atoms with Crippen molar-refractivity contribution in [3.8, 4) is 0 Å². The average molecular weight is 372 g/mol. The number of likely N-dealkylation sites (tertiary alicyclic amines) is 1. The molecule has 1 aromatic heterocycles. The van der Waals surface area contributed by atoms with Crippen LogP contribution >= 0.6 is 11.8 Å². The number of carbonyl (C=O) groups excluding carboxylic acids is 1. The van der Waals surface area contributed by atoms with Gasteiger partial charge in [-0.25, -0.2) is 0 Å². The van der Waals surface area contributed by atoms with Crippen LogP contribution in [0.4, 0.5) is 0 Å². The van der Waals surface area contributed by atoms with E-state index in [0.29, 0.717) is 4.75 Å². The first-order valence-corrected chi connectivity index (χ1v) is 10.0. The number of likely N-dealkylation sites (N-methyl/N-ethyl adjacent to an activating group) is 1. The Balaban J connectivity index is 1.27. The number of thioether (sulfide) groups is 1. The molecule has 1 spiro atoms. The van der Waals surface area contributed by atoms with Crippen LogP contribution in [0.5, 0.6) is 0 Å². The lowest BCUT2D eigenvalue weighted by molar-refractivity contribution is -0.135. The van der Waals surface area contributed by atoms with Gasteiger partial charge >= 0.3 is 0 Å². The Morgan fingerprint density at radius 2 is 2.12 bits per heavy atom. The third-order valence-electron chi connectivity index (χ3n) is 5.18. The SMILES string of the molecule is CN(C)C(=O)CO[C@@H]1CSC2(C1)CN(Cc1ccc3ccccc3n1)C2. The molecule has 0 unspecified atom stereocenters. The summed E-state index contributed by atoms with van der Waals surface area (Å²) in [6, 6.07) is 12.5. The molecule has 2 fully saturated rings. The molecule has 138 valence electrons. The van der Waals surface area contributed by atoms with Gasteiger partial charge in [0.1, 0.15) is 6.61 Å². The van der Waals surface area contributed by atoms with E-state index >= 15 is 0 Å². The first-order chi connectivity index (χ1) is 12.5. The molecule has 5 nitrogen and oxygen atoms in total. The number of hydrogen-bond donors (Lipinski definition) is 0. The molecule has 0 aliphatic carbocycles. The Bertz CT molecular complexity index is 804. The number of hydrogen-bond acceptors (Lipinski definition) is 5. The number of nitrogens with zero attached hydrogens (tertiary/aromatic N) is 3. The molecule has 1 amide bonds. The zero-order chi connectivity index (χ0) is 18.1. The lowest BCUT2D eigenvalue weighted by Crippen LogP contribution is -2.58. The summed E-state index contributed by atoms with van der Waals surface area (Å²) in [5.41, 5.74) is 2.19. The van der Waals surface area contributed by atoms with Crippen LogP contribution in [0.25, 0.3) is 10.9 Å². The molecule has 2 saturated heterocycles. The topological polar surface area (TPSA) is 45.7 Å². The summed E-state index contributed by atoms with van der Waals surface area (Å²) in [6.45, 7) is 3.25. The average Bonchev–Trinajstić information content (AvgIpc) is 3.03. The quantitative estimate of drug-likeness (QED) is 0.808. The van der Waals surface area contributed by atoms with Crippen molar-refractivity contribution >= 4 is 28.6 Å². The Morgan fingerprint density at radius 1 is 1.31 bits per heavy atom. The lowest BCUT2D eigenvalue weighted by atomic mass is 9.92. The molecule has 4 rings (SSSR count). The molecule has 0 N–H and O–H groups in total. The number of rotatable bonds is 5. The van der Waals surface area contributed by atoms with Gasteiger partial charge in [-0.1, -0.05) is 24.3 Å². The van der Waals surface area contributed by atoms with E-state index in [1.54, 1.807) is 19.0 Å². The van der Waals surface area contributed by atoms with Gasteiger partial charge in [-0.2, -0.15) is 0 Å². The minimum Gasteiger partial charge on any atom is -0.367 e. The minimum atomic E-state index is 0.0357. The van der Waals surface area contributed by atoms with E-state index in [4.69, 9.17) is 9.72 Å². The molecule has 6 heteroatoms. The number of amides is 1. The molecular formula is C20H25N3O2S. The second kappa shape index (κ2) is 7.18. The van der Waals surface area contributed by atoms with Crippen molar-refractivity contribution in [2.75, 3.05) is 39.5 Å². The van der Waals surface area contributed by atoms with Gasteiger partial charge in [0, 0.05) is 49.6 Å². The van der Waals surface area contributed by atoms with Crippen LogP contribution in [0.15, 0.2) is 36.4 Å². The Morgan fingerprint density at radius 3 is 2.92 bits per heavy atom. The Labute approximate surface area is 158 Å². The van der Waals surface area contributed by atoms with Gasteiger partial charge in [-0.3, -0.25) is 14.7 Å². The van der Waals surface area contributed by atoms with E-state index in [2.05, 4.69) is 29.2 Å². The van der Waals surface area contributed by atoms with Crippen LogP contribution in [-0.4, -0.2) is 71.1 Å². The van der Waals surface area contributed by atoms with Gasteiger partial charge in [-0.05, 0) is 18.6 Å². The normalized spacial score (nSPS) is 21.8. The van der Waals surface area contributed by atoms with Crippen LogP contribution in [0.2, 0.25) is 0 Å². The second-order valence-electron chi connectivity index (χ2n) is 7.56. The molecular weight excluding hydrogens is 346 g/mol. The summed E-state index contributed by atoms with van der Waals surface area (Å²) in [5, 5.41) is 1.19. The summed E-state index contributed by atoms with van der Waals surface area (Å²) in [7, 11) is 3.53. The molecule has 2 aliphatic heterocycles. The fourth-order valence-electron chi connectivity index (χ4n) is 3.75. The minimum absolute atomic E-state index is 0.0357. The first-order valence-electron chi connectivity index (χ1n) is 9.06. The summed E-state index contributed by atoms with van der Waals surface area (Å²) < 4.78 is 6.12. The smallest absolute Gasteiger partial charge is 0.248 e. The molecule has 2 aliphatic rings. The van der Waals surface area contributed by atoms with E-state index < -0.39 is 0 Å². The van der Waals surface area contributed by atoms with Gasteiger partial charge in [0.05, 0.1) is 17.3 Å². The maximum absolute atomic E-state index is 11.7. The maximum Gasteiger partial charge on any atom is 0.248 e. The van der Waals surface area contributed by atoms with Crippen molar-refractivity contribution in [3.05, 3.63) is 42.1 Å². The van der Waals surface area contributed by atoms with E-state index in [1.807, 2.05) is 23.9 Å². The van der Waals surface area contributed by atoms with Crippen LogP contribution in [0, 0.1) is 0 Å². The van der Waals surface area contributed by atoms with Crippen molar-refractivity contribution in [3.63, 3.8) is 0 Å². The van der Waals surface area contributed by atoms with Gasteiger partial charge in [-0.15, -0.1) is 11.8 Å². The second-order valence-corrected chi connectivity index (χ2v) is 9.05. The molecule has 1 aromatic carbocycles.